The van der Waals surface area contributed by atoms with Crippen molar-refractivity contribution in [2.75, 3.05) is 0 Å². The maximum absolute atomic E-state index is 4.83. The van der Waals surface area contributed by atoms with Gasteiger partial charge >= 0.3 is 0 Å². The Balaban J connectivity index is 2.40. The molecule has 0 aliphatic carbocycles. The highest BCUT2D eigenvalue weighted by Gasteiger charge is 2.15. The van der Waals surface area contributed by atoms with E-state index >= 15 is 0 Å². The van der Waals surface area contributed by atoms with Gasteiger partial charge in [0.1, 0.15) is 29.9 Å². The van der Waals surface area contributed by atoms with Crippen LogP contribution in [-0.4, -0.2) is 28.5 Å². The van der Waals surface area contributed by atoms with E-state index in [1.165, 1.54) is 0 Å². The molecule has 0 spiro atoms. The van der Waals surface area contributed by atoms with Gasteiger partial charge in [0.15, 0.2) is 0 Å². The first-order valence-electron chi connectivity index (χ1n) is 5.53. The van der Waals surface area contributed by atoms with Gasteiger partial charge in [-0.05, 0) is 34.0 Å². The molecule has 0 saturated heterocycles. The van der Waals surface area contributed by atoms with Crippen LogP contribution in [0.2, 0.25) is 0 Å². The molecule has 0 bridgehead atoms. The number of nitrogens with zero attached hydrogens (tertiary/aromatic N) is 4. The van der Waals surface area contributed by atoms with Crippen LogP contribution in [0.1, 0.15) is 5.56 Å². The largest absolute Gasteiger partial charge is 0.243 e. The van der Waals surface area contributed by atoms with E-state index in [1.54, 1.807) is 0 Å². The van der Waals surface area contributed by atoms with Crippen molar-refractivity contribution in [2.24, 2.45) is 0 Å². The summed E-state index contributed by atoms with van der Waals surface area (Å²) in [5, 5.41) is 17.7. The maximum Gasteiger partial charge on any atom is 0.143 e. The Morgan fingerprint density at radius 1 is 0.833 bits per heavy atom. The Labute approximate surface area is 101 Å². The lowest BCUT2D eigenvalue weighted by Crippen LogP contribution is -2.04. The first-order valence-corrected chi connectivity index (χ1v) is 5.53. The fraction of sp³-hybridized carbons (Fsp3) is 0.0909. The van der Waals surface area contributed by atoms with Crippen molar-refractivity contribution < 1.29 is 9.26 Å². The van der Waals surface area contributed by atoms with E-state index in [1.807, 2.05) is 26.9 Å². The number of hydrogen-bond acceptors (Lipinski definition) is 6. The molecule has 86 valence electrons. The van der Waals surface area contributed by atoms with Crippen LogP contribution in [0.3, 0.4) is 0 Å². The van der Waals surface area contributed by atoms with E-state index in [0.717, 1.165) is 43.9 Å². The van der Waals surface area contributed by atoms with Crippen LogP contribution in [0.15, 0.2) is 21.4 Å². The summed E-state index contributed by atoms with van der Waals surface area (Å²) in [4.78, 5) is 0. The van der Waals surface area contributed by atoms with Crippen LogP contribution in [0.5, 0.6) is 0 Å². The van der Waals surface area contributed by atoms with Gasteiger partial charge in [0.2, 0.25) is 0 Å². The smallest absolute Gasteiger partial charge is 0.143 e. The summed E-state index contributed by atoms with van der Waals surface area (Å²) in [6.07, 6.45) is 0. The number of rotatable bonds is 0. The summed E-state index contributed by atoms with van der Waals surface area (Å²) in [7, 11) is 1.96. The van der Waals surface area contributed by atoms with E-state index in [2.05, 4.69) is 20.6 Å². The highest BCUT2D eigenvalue weighted by atomic mass is 16.6. The Hall–Kier alpha value is -2.44. The van der Waals surface area contributed by atoms with E-state index in [4.69, 9.17) is 9.26 Å². The van der Waals surface area contributed by atoms with Crippen LogP contribution in [0.25, 0.3) is 32.8 Å². The Kier molecular flexibility index (Phi) is 1.63. The van der Waals surface area contributed by atoms with Crippen molar-refractivity contribution in [3.05, 3.63) is 17.7 Å². The van der Waals surface area contributed by atoms with Crippen molar-refractivity contribution in [1.29, 1.82) is 0 Å². The van der Waals surface area contributed by atoms with Gasteiger partial charge in [0.25, 0.3) is 0 Å². The minimum Gasteiger partial charge on any atom is -0.243 e. The molecule has 7 heteroatoms. The predicted octanol–water partition coefficient (Wildman–Crippen LogP) is 0.479. The molecule has 18 heavy (non-hydrogen) atoms. The third-order valence-electron chi connectivity index (χ3n) is 3.25. The summed E-state index contributed by atoms with van der Waals surface area (Å²) in [6, 6.07) is 4.02. The molecular formula is C11H7BN4O2. The second-order valence-corrected chi connectivity index (χ2v) is 4.40. The normalized spacial score (nSPS) is 11.8. The van der Waals surface area contributed by atoms with Crippen LogP contribution >= 0.6 is 0 Å². The average molecular weight is 238 g/mol. The zero-order valence-electron chi connectivity index (χ0n) is 9.76. The lowest BCUT2D eigenvalue weighted by Gasteiger charge is -2.02. The molecule has 4 aromatic rings. The molecule has 0 saturated carbocycles. The SMILES string of the molecule is Bc1cc2c(cc(C)c3nonc32)c2nonc12. The average Bonchev–Trinajstić information content (AvgIpc) is 2.98. The van der Waals surface area contributed by atoms with Gasteiger partial charge in [-0.3, -0.25) is 0 Å². The minimum atomic E-state index is 0.748. The monoisotopic (exact) mass is 238 g/mol. The number of aryl methyl sites for hydroxylation is 1. The second kappa shape index (κ2) is 3.07. The van der Waals surface area contributed by atoms with Crippen molar-refractivity contribution in [2.45, 2.75) is 6.92 Å². The topological polar surface area (TPSA) is 77.8 Å². The summed E-state index contributed by atoms with van der Waals surface area (Å²) in [5.41, 5.74) is 5.03. The van der Waals surface area contributed by atoms with Crippen molar-refractivity contribution in [3.63, 3.8) is 0 Å². The quantitative estimate of drug-likeness (QED) is 0.414. The van der Waals surface area contributed by atoms with Gasteiger partial charge in [-0.15, -0.1) is 0 Å². The van der Waals surface area contributed by atoms with E-state index < -0.39 is 0 Å². The van der Waals surface area contributed by atoms with Gasteiger partial charge in [-0.1, -0.05) is 16.7 Å². The van der Waals surface area contributed by atoms with Crippen LogP contribution in [0.4, 0.5) is 0 Å². The Morgan fingerprint density at radius 3 is 2.17 bits per heavy atom. The molecule has 0 fully saturated rings. The lowest BCUT2D eigenvalue weighted by molar-refractivity contribution is 0.315. The standard InChI is InChI=1S/C11H7BN4O2/c1-4-2-5-6(9-8(4)13-17-14-9)3-7(12)11-10(5)15-18-16-11/h2-3H,12H2,1H3. The summed E-state index contributed by atoms with van der Waals surface area (Å²) < 4.78 is 9.66. The molecular weight excluding hydrogens is 231 g/mol. The van der Waals surface area contributed by atoms with Crippen molar-refractivity contribution in [3.8, 4) is 0 Å². The molecule has 2 heterocycles. The molecule has 0 amide bonds. The molecule has 2 aromatic carbocycles. The summed E-state index contributed by atoms with van der Waals surface area (Å²) in [6.45, 7) is 1.96. The van der Waals surface area contributed by atoms with Gasteiger partial charge in [0.05, 0.1) is 0 Å². The third-order valence-corrected chi connectivity index (χ3v) is 3.25. The molecule has 2 aromatic heterocycles. The fourth-order valence-electron chi connectivity index (χ4n) is 2.37. The number of fused-ring (bicyclic) bond motifs is 5. The highest BCUT2D eigenvalue weighted by Crippen LogP contribution is 2.29. The van der Waals surface area contributed by atoms with E-state index in [9.17, 15) is 0 Å². The van der Waals surface area contributed by atoms with Crippen LogP contribution in [0, 0.1) is 6.92 Å². The lowest BCUT2D eigenvalue weighted by atomic mass is 9.90. The Bertz CT molecular complexity index is 836. The number of hydrogen-bond donors (Lipinski definition) is 0. The first-order chi connectivity index (χ1) is 8.75. The van der Waals surface area contributed by atoms with Crippen LogP contribution < -0.4 is 5.46 Å². The molecule has 0 aliphatic heterocycles. The van der Waals surface area contributed by atoms with Gasteiger partial charge < -0.3 is 0 Å². The predicted molar refractivity (Wildman–Crippen MR) is 67.6 cm³/mol. The van der Waals surface area contributed by atoms with E-state index in [0.29, 0.717) is 0 Å². The number of aromatic nitrogens is 4. The molecule has 0 N–H and O–H groups in total. The minimum absolute atomic E-state index is 0.748. The fourth-order valence-corrected chi connectivity index (χ4v) is 2.37. The molecule has 0 atom stereocenters. The second-order valence-electron chi connectivity index (χ2n) is 4.40. The number of benzene rings is 2. The van der Waals surface area contributed by atoms with Crippen LogP contribution in [-0.2, 0) is 0 Å². The zero-order chi connectivity index (χ0) is 12.3. The van der Waals surface area contributed by atoms with Crippen molar-refractivity contribution in [1.82, 2.24) is 20.6 Å². The highest BCUT2D eigenvalue weighted by molar-refractivity contribution is 6.40. The van der Waals surface area contributed by atoms with Gasteiger partial charge in [0, 0.05) is 10.8 Å². The third kappa shape index (κ3) is 1.03. The van der Waals surface area contributed by atoms with Gasteiger partial charge in [-0.25, -0.2) is 9.26 Å². The molecule has 0 aliphatic rings. The summed E-state index contributed by atoms with van der Waals surface area (Å²) in [5.74, 6) is 0. The van der Waals surface area contributed by atoms with Crippen molar-refractivity contribution >= 4 is 46.1 Å². The molecule has 0 unspecified atom stereocenters. The molecule has 4 rings (SSSR count). The first kappa shape index (κ1) is 9.58. The zero-order valence-corrected chi connectivity index (χ0v) is 9.76. The summed E-state index contributed by atoms with van der Waals surface area (Å²) >= 11 is 0. The molecule has 0 radical (unpaired) electrons. The van der Waals surface area contributed by atoms with Gasteiger partial charge in [-0.2, -0.15) is 0 Å². The van der Waals surface area contributed by atoms with E-state index in [-0.39, 0.29) is 0 Å². The Morgan fingerprint density at radius 2 is 1.39 bits per heavy atom. The molecule has 6 nitrogen and oxygen atoms in total. The maximum atomic E-state index is 4.83.